The summed E-state index contributed by atoms with van der Waals surface area (Å²) in [6.07, 6.45) is 1.39. The average Bonchev–Trinajstić information content (AvgIpc) is 1.99. The summed E-state index contributed by atoms with van der Waals surface area (Å²) >= 11 is 0. The molecule has 0 spiro atoms. The van der Waals surface area contributed by atoms with Crippen LogP contribution in [-0.2, 0) is 9.53 Å². The Balaban J connectivity index is 0.000000293. The van der Waals surface area contributed by atoms with Crippen LogP contribution in [-0.4, -0.2) is 42.9 Å². The monoisotopic (exact) mass is 234 g/mol. The molecule has 1 atom stereocenters. The van der Waals surface area contributed by atoms with E-state index in [1.54, 1.807) is 0 Å². The summed E-state index contributed by atoms with van der Waals surface area (Å²) < 4.78 is 17.4. The first-order chi connectivity index (χ1) is 7.16. The molecule has 1 unspecified atom stereocenters. The lowest BCUT2D eigenvalue weighted by Crippen LogP contribution is -2.49. The van der Waals surface area contributed by atoms with Crippen LogP contribution in [0.4, 0.5) is 4.39 Å². The summed E-state index contributed by atoms with van der Waals surface area (Å²) in [6, 6.07) is 0. The zero-order valence-electron chi connectivity index (χ0n) is 10.6. The molecule has 1 heterocycles. The van der Waals surface area contributed by atoms with Gasteiger partial charge in [0, 0.05) is 6.54 Å². The first kappa shape index (κ1) is 15.3. The number of piperidine rings is 1. The summed E-state index contributed by atoms with van der Waals surface area (Å²) in [5, 5.41) is 0. The van der Waals surface area contributed by atoms with Crippen LogP contribution in [0.2, 0.25) is 0 Å². The van der Waals surface area contributed by atoms with E-state index in [0.717, 1.165) is 13.0 Å². The van der Waals surface area contributed by atoms with Crippen molar-refractivity contribution in [2.75, 3.05) is 20.1 Å². The Hall–Kier alpha value is -0.680. The molecule has 1 fully saturated rings. The molecule has 0 saturated carbocycles. The lowest BCUT2D eigenvalue weighted by Gasteiger charge is -2.31. The average molecular weight is 234 g/mol. The molecule has 0 aromatic heterocycles. The van der Waals surface area contributed by atoms with Crippen molar-refractivity contribution in [3.05, 3.63) is 0 Å². The lowest BCUT2D eigenvalue weighted by molar-refractivity contribution is -0.138. The van der Waals surface area contributed by atoms with Gasteiger partial charge in [-0.1, -0.05) is 0 Å². The fourth-order valence-corrected chi connectivity index (χ4v) is 1.39. The van der Waals surface area contributed by atoms with E-state index in [9.17, 15) is 9.18 Å². The van der Waals surface area contributed by atoms with Gasteiger partial charge < -0.3 is 9.64 Å². The molecule has 1 saturated heterocycles. The topological polar surface area (TPSA) is 55.6 Å². The lowest BCUT2D eigenvalue weighted by atomic mass is 10.1. The minimum absolute atomic E-state index is 0.318. The van der Waals surface area contributed by atoms with E-state index >= 15 is 0 Å². The molecule has 0 aliphatic carbocycles. The van der Waals surface area contributed by atoms with Gasteiger partial charge in [0.25, 0.3) is 6.47 Å². The predicted molar refractivity (Wildman–Crippen MR) is 61.7 cm³/mol. The summed E-state index contributed by atoms with van der Waals surface area (Å²) in [5.41, 5.74) is 4.94. The standard InChI is InChI=1S/C6H13FN2.C5H10O2/c1-9-4-2-3-6(7,8)5-9;1-5(2,3)7-4-6/h2-5,8H2,1H3;4H,1-3H3. The van der Waals surface area contributed by atoms with Gasteiger partial charge in [-0.3, -0.25) is 10.5 Å². The Bertz CT molecular complexity index is 215. The molecule has 1 rings (SSSR count). The Morgan fingerprint density at radius 1 is 1.50 bits per heavy atom. The fourth-order valence-electron chi connectivity index (χ4n) is 1.39. The van der Waals surface area contributed by atoms with Gasteiger partial charge in [-0.25, -0.2) is 4.39 Å². The normalized spacial score (nSPS) is 26.6. The van der Waals surface area contributed by atoms with E-state index < -0.39 is 5.79 Å². The van der Waals surface area contributed by atoms with Crippen LogP contribution in [0, 0.1) is 0 Å². The van der Waals surface area contributed by atoms with Gasteiger partial charge in [-0.05, 0) is 47.2 Å². The molecule has 0 amide bonds. The number of carbonyl (C=O) groups excluding carboxylic acids is 1. The number of hydrogen-bond donors (Lipinski definition) is 1. The Morgan fingerprint density at radius 3 is 2.25 bits per heavy atom. The van der Waals surface area contributed by atoms with E-state index in [1.165, 1.54) is 0 Å². The number of ether oxygens (including phenoxy) is 1. The summed E-state index contributed by atoms with van der Waals surface area (Å²) in [5.74, 6) is -1.42. The van der Waals surface area contributed by atoms with Crippen LogP contribution in [0.25, 0.3) is 0 Å². The van der Waals surface area contributed by atoms with E-state index in [0.29, 0.717) is 19.4 Å². The van der Waals surface area contributed by atoms with E-state index in [1.807, 2.05) is 32.7 Å². The van der Waals surface area contributed by atoms with Crippen molar-refractivity contribution >= 4 is 6.47 Å². The molecular weight excluding hydrogens is 211 g/mol. The first-order valence-corrected chi connectivity index (χ1v) is 5.44. The maximum Gasteiger partial charge on any atom is 0.293 e. The van der Waals surface area contributed by atoms with Crippen molar-refractivity contribution in [3.8, 4) is 0 Å². The third-order valence-corrected chi connectivity index (χ3v) is 2.07. The Labute approximate surface area is 96.9 Å². The highest BCUT2D eigenvalue weighted by Gasteiger charge is 2.28. The zero-order valence-corrected chi connectivity index (χ0v) is 10.6. The number of likely N-dealkylation sites (N-methyl/N-ethyl adjacent to an activating group) is 1. The smallest absolute Gasteiger partial charge is 0.293 e. The van der Waals surface area contributed by atoms with Crippen LogP contribution in [0.5, 0.6) is 0 Å². The van der Waals surface area contributed by atoms with Gasteiger partial charge in [-0.2, -0.15) is 0 Å². The largest absolute Gasteiger partial charge is 0.462 e. The SMILES string of the molecule is CC(C)(C)OC=O.CN1CCCC(N)(F)C1. The molecule has 16 heavy (non-hydrogen) atoms. The molecule has 0 bridgehead atoms. The van der Waals surface area contributed by atoms with Crippen molar-refractivity contribution in [3.63, 3.8) is 0 Å². The van der Waals surface area contributed by atoms with Crippen LogP contribution in [0.1, 0.15) is 33.6 Å². The molecule has 0 aromatic rings. The van der Waals surface area contributed by atoms with Crippen LogP contribution in [0.15, 0.2) is 0 Å². The first-order valence-electron chi connectivity index (χ1n) is 5.44. The molecule has 4 nitrogen and oxygen atoms in total. The van der Waals surface area contributed by atoms with E-state index in [4.69, 9.17) is 5.73 Å². The summed E-state index contributed by atoms with van der Waals surface area (Å²) in [4.78, 5) is 11.5. The maximum absolute atomic E-state index is 12.9. The second-order valence-corrected chi connectivity index (χ2v) is 5.20. The van der Waals surface area contributed by atoms with Gasteiger partial charge in [0.05, 0.1) is 0 Å². The molecule has 0 aromatic carbocycles. The predicted octanol–water partition coefficient (Wildman–Crippen LogP) is 1.29. The second-order valence-electron chi connectivity index (χ2n) is 5.20. The van der Waals surface area contributed by atoms with Crippen molar-refractivity contribution in [1.82, 2.24) is 4.90 Å². The summed E-state index contributed by atoms with van der Waals surface area (Å²) in [6.45, 7) is 7.28. The minimum Gasteiger partial charge on any atom is -0.462 e. The van der Waals surface area contributed by atoms with Crippen molar-refractivity contribution in [2.45, 2.75) is 45.0 Å². The number of likely N-dealkylation sites (tertiary alicyclic amines) is 1. The number of carbonyl (C=O) groups is 1. The van der Waals surface area contributed by atoms with Gasteiger partial charge in [0.15, 0.2) is 5.79 Å². The number of halogens is 1. The molecule has 2 N–H and O–H groups in total. The number of nitrogens with zero attached hydrogens (tertiary/aromatic N) is 1. The molecule has 96 valence electrons. The fraction of sp³-hybridized carbons (Fsp3) is 0.909. The molecular formula is C11H23FN2O2. The maximum atomic E-state index is 12.9. The molecule has 5 heteroatoms. The highest BCUT2D eigenvalue weighted by Crippen LogP contribution is 2.17. The number of hydrogen-bond acceptors (Lipinski definition) is 4. The van der Waals surface area contributed by atoms with Crippen molar-refractivity contribution < 1.29 is 13.9 Å². The van der Waals surface area contributed by atoms with Gasteiger partial charge in [0.1, 0.15) is 5.60 Å². The Morgan fingerprint density at radius 2 is 2.06 bits per heavy atom. The zero-order chi connectivity index (χ0) is 12.8. The Kier molecular flexibility index (Phi) is 5.89. The number of nitrogens with two attached hydrogens (primary N) is 1. The van der Waals surface area contributed by atoms with Crippen LogP contribution < -0.4 is 5.73 Å². The minimum atomic E-state index is -1.42. The van der Waals surface area contributed by atoms with Gasteiger partial charge in [-0.15, -0.1) is 0 Å². The molecule has 1 aliphatic rings. The van der Waals surface area contributed by atoms with E-state index in [-0.39, 0.29) is 5.60 Å². The van der Waals surface area contributed by atoms with Crippen LogP contribution >= 0.6 is 0 Å². The van der Waals surface area contributed by atoms with Crippen LogP contribution in [0.3, 0.4) is 0 Å². The second kappa shape index (κ2) is 6.15. The number of alkyl halides is 1. The van der Waals surface area contributed by atoms with Gasteiger partial charge in [0.2, 0.25) is 0 Å². The van der Waals surface area contributed by atoms with Crippen molar-refractivity contribution in [1.29, 1.82) is 0 Å². The highest BCUT2D eigenvalue weighted by atomic mass is 19.1. The summed E-state index contributed by atoms with van der Waals surface area (Å²) in [7, 11) is 1.89. The molecule has 1 aliphatic heterocycles. The molecule has 0 radical (unpaired) electrons. The van der Waals surface area contributed by atoms with Gasteiger partial charge >= 0.3 is 0 Å². The highest BCUT2D eigenvalue weighted by molar-refractivity contribution is 5.37. The number of rotatable bonds is 1. The van der Waals surface area contributed by atoms with Crippen molar-refractivity contribution in [2.24, 2.45) is 5.73 Å². The quantitative estimate of drug-likeness (QED) is 0.549. The third-order valence-electron chi connectivity index (χ3n) is 2.07. The third kappa shape index (κ3) is 8.61. The van der Waals surface area contributed by atoms with E-state index in [2.05, 4.69) is 4.74 Å².